The first-order valence-electron chi connectivity index (χ1n) is 5.47. The molecule has 0 fully saturated rings. The first kappa shape index (κ1) is 13.3. The lowest BCUT2D eigenvalue weighted by Gasteiger charge is -2.06. The van der Waals surface area contributed by atoms with Gasteiger partial charge in [0, 0.05) is 17.8 Å². The SMILES string of the molecule is N/C(=N/O)c1cnc(Oc2ccccc2)c([N+](=O)[O-])c1. The van der Waals surface area contributed by atoms with Gasteiger partial charge in [-0.15, -0.1) is 0 Å². The molecule has 1 heterocycles. The van der Waals surface area contributed by atoms with Crippen molar-refractivity contribution in [1.82, 2.24) is 4.98 Å². The molecule has 102 valence electrons. The number of amidine groups is 1. The summed E-state index contributed by atoms with van der Waals surface area (Å²) in [5.74, 6) is -0.0257. The quantitative estimate of drug-likeness (QED) is 0.288. The molecule has 2 aromatic rings. The number of nitrogens with two attached hydrogens (primary N) is 1. The van der Waals surface area contributed by atoms with E-state index >= 15 is 0 Å². The van der Waals surface area contributed by atoms with E-state index in [0.717, 1.165) is 6.07 Å². The van der Waals surface area contributed by atoms with Crippen molar-refractivity contribution in [2.45, 2.75) is 0 Å². The number of para-hydroxylation sites is 1. The molecule has 0 aliphatic carbocycles. The Morgan fingerprint density at radius 1 is 1.40 bits per heavy atom. The van der Waals surface area contributed by atoms with Gasteiger partial charge in [0.05, 0.1) is 4.92 Å². The molecule has 0 bridgehead atoms. The van der Waals surface area contributed by atoms with E-state index in [0.29, 0.717) is 5.75 Å². The van der Waals surface area contributed by atoms with Crippen LogP contribution in [0.4, 0.5) is 5.69 Å². The molecule has 0 atom stereocenters. The normalized spacial score (nSPS) is 11.1. The van der Waals surface area contributed by atoms with Crippen LogP contribution in [0.1, 0.15) is 5.56 Å². The lowest BCUT2D eigenvalue weighted by molar-refractivity contribution is -0.386. The van der Waals surface area contributed by atoms with Crippen LogP contribution >= 0.6 is 0 Å². The fourth-order valence-corrected chi connectivity index (χ4v) is 1.45. The number of rotatable bonds is 4. The number of oxime groups is 1. The molecule has 20 heavy (non-hydrogen) atoms. The molecular weight excluding hydrogens is 264 g/mol. The van der Waals surface area contributed by atoms with E-state index < -0.39 is 4.92 Å². The van der Waals surface area contributed by atoms with Crippen LogP contribution in [-0.2, 0) is 0 Å². The highest BCUT2D eigenvalue weighted by Crippen LogP contribution is 2.29. The summed E-state index contributed by atoms with van der Waals surface area (Å²) < 4.78 is 5.34. The van der Waals surface area contributed by atoms with E-state index in [1.807, 2.05) is 0 Å². The molecular formula is C12H10N4O4. The first-order chi connectivity index (χ1) is 9.61. The molecule has 0 spiro atoms. The third kappa shape index (κ3) is 2.80. The summed E-state index contributed by atoms with van der Waals surface area (Å²) in [7, 11) is 0. The number of aromatic nitrogens is 1. The minimum atomic E-state index is -0.653. The van der Waals surface area contributed by atoms with Gasteiger partial charge in [-0.25, -0.2) is 4.98 Å². The molecule has 1 aromatic carbocycles. The van der Waals surface area contributed by atoms with Crippen molar-refractivity contribution in [2.75, 3.05) is 0 Å². The van der Waals surface area contributed by atoms with Gasteiger partial charge in [-0.3, -0.25) is 10.1 Å². The van der Waals surface area contributed by atoms with E-state index in [-0.39, 0.29) is 23.0 Å². The summed E-state index contributed by atoms with van der Waals surface area (Å²) in [6.07, 6.45) is 1.22. The molecule has 1 aromatic heterocycles. The summed E-state index contributed by atoms with van der Waals surface area (Å²) in [6.45, 7) is 0. The van der Waals surface area contributed by atoms with E-state index in [9.17, 15) is 10.1 Å². The standard InChI is InChI=1S/C12H10N4O4/c13-11(15-17)8-6-10(16(18)19)12(14-7-8)20-9-4-2-1-3-5-9/h1-7,17H,(H2,13,15). The summed E-state index contributed by atoms with van der Waals surface area (Å²) in [6, 6.07) is 9.65. The largest absolute Gasteiger partial charge is 0.434 e. The van der Waals surface area contributed by atoms with Gasteiger partial charge in [0.15, 0.2) is 5.84 Å². The third-order valence-corrected chi connectivity index (χ3v) is 2.39. The van der Waals surface area contributed by atoms with Crippen LogP contribution in [0, 0.1) is 10.1 Å². The van der Waals surface area contributed by atoms with Crippen LogP contribution in [0.5, 0.6) is 11.6 Å². The number of benzene rings is 1. The predicted molar refractivity (Wildman–Crippen MR) is 69.9 cm³/mol. The Labute approximate surface area is 113 Å². The van der Waals surface area contributed by atoms with E-state index in [1.165, 1.54) is 6.20 Å². The minimum Gasteiger partial charge on any atom is -0.434 e. The predicted octanol–water partition coefficient (Wildman–Crippen LogP) is 1.88. The van der Waals surface area contributed by atoms with Crippen LogP contribution < -0.4 is 10.5 Å². The number of nitro groups is 1. The maximum atomic E-state index is 11.0. The van der Waals surface area contributed by atoms with Gasteiger partial charge in [0.1, 0.15) is 5.75 Å². The average molecular weight is 274 g/mol. The van der Waals surface area contributed by atoms with Crippen molar-refractivity contribution >= 4 is 11.5 Å². The van der Waals surface area contributed by atoms with Gasteiger partial charge in [-0.2, -0.15) is 0 Å². The summed E-state index contributed by atoms with van der Waals surface area (Å²) in [5.41, 5.74) is 5.11. The maximum Gasteiger partial charge on any atom is 0.332 e. The lowest BCUT2D eigenvalue weighted by Crippen LogP contribution is -2.14. The Morgan fingerprint density at radius 3 is 2.70 bits per heavy atom. The molecule has 0 saturated heterocycles. The fourth-order valence-electron chi connectivity index (χ4n) is 1.45. The van der Waals surface area contributed by atoms with E-state index in [4.69, 9.17) is 15.7 Å². The second-order valence-electron chi connectivity index (χ2n) is 3.71. The highest BCUT2D eigenvalue weighted by molar-refractivity contribution is 5.97. The van der Waals surface area contributed by atoms with Crippen LogP contribution in [0.15, 0.2) is 47.8 Å². The van der Waals surface area contributed by atoms with Gasteiger partial charge >= 0.3 is 5.69 Å². The molecule has 0 aliphatic rings. The van der Waals surface area contributed by atoms with Crippen LogP contribution in [0.25, 0.3) is 0 Å². The molecule has 8 heteroatoms. The second kappa shape index (κ2) is 5.65. The first-order valence-corrected chi connectivity index (χ1v) is 5.47. The van der Waals surface area contributed by atoms with Crippen molar-refractivity contribution in [3.05, 3.63) is 58.3 Å². The summed E-state index contributed by atoms with van der Waals surface area (Å²) >= 11 is 0. The molecule has 3 N–H and O–H groups in total. The minimum absolute atomic E-state index is 0.125. The van der Waals surface area contributed by atoms with Gasteiger partial charge in [0.2, 0.25) is 0 Å². The highest BCUT2D eigenvalue weighted by atomic mass is 16.6. The van der Waals surface area contributed by atoms with Gasteiger partial charge in [-0.05, 0) is 12.1 Å². The summed E-state index contributed by atoms with van der Waals surface area (Å²) in [5, 5.41) is 22.3. The summed E-state index contributed by atoms with van der Waals surface area (Å²) in [4.78, 5) is 14.2. The third-order valence-electron chi connectivity index (χ3n) is 2.39. The smallest absolute Gasteiger partial charge is 0.332 e. The van der Waals surface area contributed by atoms with Crippen molar-refractivity contribution < 1.29 is 14.9 Å². The van der Waals surface area contributed by atoms with Gasteiger partial charge in [-0.1, -0.05) is 23.4 Å². The Kier molecular flexibility index (Phi) is 3.75. The monoisotopic (exact) mass is 274 g/mol. The Hall–Kier alpha value is -3.16. The van der Waals surface area contributed by atoms with Crippen LogP contribution in [0.2, 0.25) is 0 Å². The Bertz CT molecular complexity index is 658. The van der Waals surface area contributed by atoms with Crippen molar-refractivity contribution in [3.8, 4) is 11.6 Å². The number of pyridine rings is 1. The lowest BCUT2D eigenvalue weighted by atomic mass is 10.2. The number of hydrogen-bond acceptors (Lipinski definition) is 6. The van der Waals surface area contributed by atoms with Gasteiger partial charge in [0.25, 0.3) is 5.88 Å². The van der Waals surface area contributed by atoms with Crippen molar-refractivity contribution in [1.29, 1.82) is 0 Å². The number of nitrogens with zero attached hydrogens (tertiary/aromatic N) is 3. The van der Waals surface area contributed by atoms with E-state index in [2.05, 4.69) is 10.1 Å². The molecule has 0 saturated carbocycles. The number of hydrogen-bond donors (Lipinski definition) is 2. The molecule has 0 amide bonds. The zero-order valence-electron chi connectivity index (χ0n) is 10.1. The highest BCUT2D eigenvalue weighted by Gasteiger charge is 2.19. The fraction of sp³-hybridized carbons (Fsp3) is 0. The molecule has 2 rings (SSSR count). The Morgan fingerprint density at radius 2 is 2.10 bits per heavy atom. The second-order valence-corrected chi connectivity index (χ2v) is 3.71. The average Bonchev–Trinajstić information content (AvgIpc) is 2.47. The molecule has 0 unspecified atom stereocenters. The molecule has 8 nitrogen and oxygen atoms in total. The van der Waals surface area contributed by atoms with Gasteiger partial charge < -0.3 is 15.7 Å². The topological polar surface area (TPSA) is 124 Å². The molecule has 0 radical (unpaired) electrons. The zero-order valence-corrected chi connectivity index (χ0v) is 10.1. The number of ether oxygens (including phenoxy) is 1. The maximum absolute atomic E-state index is 11.0. The van der Waals surface area contributed by atoms with E-state index in [1.54, 1.807) is 30.3 Å². The Balaban J connectivity index is 2.41. The van der Waals surface area contributed by atoms with Crippen molar-refractivity contribution in [2.24, 2.45) is 10.9 Å². The molecule has 0 aliphatic heterocycles. The zero-order chi connectivity index (χ0) is 14.5. The van der Waals surface area contributed by atoms with Crippen molar-refractivity contribution in [3.63, 3.8) is 0 Å². The van der Waals surface area contributed by atoms with Crippen LogP contribution in [-0.4, -0.2) is 21.0 Å². The van der Waals surface area contributed by atoms with Crippen LogP contribution in [0.3, 0.4) is 0 Å².